The zero-order valence-electron chi connectivity index (χ0n) is 10.0. The van der Waals surface area contributed by atoms with Crippen LogP contribution in [0.2, 0.25) is 0 Å². The van der Waals surface area contributed by atoms with E-state index in [9.17, 15) is 0 Å². The number of fused-ring (bicyclic) bond motifs is 3. The maximum absolute atomic E-state index is 4.63. The molecule has 1 nitrogen and oxygen atoms in total. The summed E-state index contributed by atoms with van der Waals surface area (Å²) < 4.78 is 0. The summed E-state index contributed by atoms with van der Waals surface area (Å²) >= 11 is 1.89. The molecule has 1 aliphatic carbocycles. The van der Waals surface area contributed by atoms with E-state index in [1.165, 1.54) is 32.9 Å². The van der Waals surface area contributed by atoms with E-state index in [4.69, 9.17) is 0 Å². The molecule has 0 saturated heterocycles. The van der Waals surface area contributed by atoms with Crippen LogP contribution in [0.3, 0.4) is 0 Å². The molecular weight excluding hydrogens is 238 g/mol. The van der Waals surface area contributed by atoms with Gasteiger partial charge in [0.15, 0.2) is 0 Å². The lowest BCUT2D eigenvalue weighted by atomic mass is 10.0. The monoisotopic (exact) mass is 251 g/mol. The molecule has 18 heavy (non-hydrogen) atoms. The molecule has 0 radical (unpaired) electrons. The average molecular weight is 251 g/mol. The van der Waals surface area contributed by atoms with Crippen LogP contribution < -0.4 is 0 Å². The highest BCUT2D eigenvalue weighted by atomic mass is 32.2. The van der Waals surface area contributed by atoms with Gasteiger partial charge in [-0.1, -0.05) is 42.5 Å². The van der Waals surface area contributed by atoms with E-state index < -0.39 is 0 Å². The summed E-state index contributed by atoms with van der Waals surface area (Å²) in [6, 6.07) is 15.4. The van der Waals surface area contributed by atoms with Gasteiger partial charge in [-0.15, -0.1) is 11.8 Å². The van der Waals surface area contributed by atoms with Gasteiger partial charge in [-0.2, -0.15) is 0 Å². The normalized spacial score (nSPS) is 16.3. The number of hydrogen-bond acceptors (Lipinski definition) is 2. The second-order valence-corrected chi connectivity index (χ2v) is 5.78. The number of nitrogens with zero attached hydrogens (tertiary/aromatic N) is 1. The van der Waals surface area contributed by atoms with Gasteiger partial charge < -0.3 is 0 Å². The van der Waals surface area contributed by atoms with Gasteiger partial charge in [0, 0.05) is 17.9 Å². The first-order valence-electron chi connectivity index (χ1n) is 6.31. The molecule has 0 spiro atoms. The molecule has 0 amide bonds. The van der Waals surface area contributed by atoms with Gasteiger partial charge in [-0.3, -0.25) is 4.99 Å². The standard InChI is InChI=1S/C16H13NS/c1-2-5-12-11(4-1)10-15-13(12)6-3-7-14(15)16-17-8-9-18-16/h1-7H,8-10H2. The lowest BCUT2D eigenvalue weighted by Crippen LogP contribution is -1.98. The minimum absolute atomic E-state index is 0.969. The second kappa shape index (κ2) is 3.99. The fourth-order valence-electron chi connectivity index (χ4n) is 2.86. The zero-order valence-corrected chi connectivity index (χ0v) is 10.8. The van der Waals surface area contributed by atoms with Crippen molar-refractivity contribution in [2.45, 2.75) is 6.42 Å². The molecule has 0 saturated carbocycles. The topological polar surface area (TPSA) is 12.4 Å². The average Bonchev–Trinajstić information content (AvgIpc) is 3.05. The van der Waals surface area contributed by atoms with Crippen LogP contribution in [0.1, 0.15) is 16.7 Å². The molecule has 1 aliphatic heterocycles. The van der Waals surface area contributed by atoms with Crippen LogP contribution in [-0.2, 0) is 6.42 Å². The molecule has 2 aliphatic rings. The van der Waals surface area contributed by atoms with Crippen molar-refractivity contribution >= 4 is 16.8 Å². The van der Waals surface area contributed by atoms with Crippen LogP contribution in [0.5, 0.6) is 0 Å². The fraction of sp³-hybridized carbons (Fsp3) is 0.188. The third-order valence-electron chi connectivity index (χ3n) is 3.67. The van der Waals surface area contributed by atoms with Crippen LogP contribution in [0, 0.1) is 0 Å². The largest absolute Gasteiger partial charge is 0.277 e. The van der Waals surface area contributed by atoms with E-state index in [-0.39, 0.29) is 0 Å². The Morgan fingerprint density at radius 3 is 2.61 bits per heavy atom. The highest BCUT2D eigenvalue weighted by Gasteiger charge is 2.23. The molecule has 0 aromatic heterocycles. The summed E-state index contributed by atoms with van der Waals surface area (Å²) in [4.78, 5) is 4.63. The lowest BCUT2D eigenvalue weighted by molar-refractivity contribution is 1.17. The lowest BCUT2D eigenvalue weighted by Gasteiger charge is -2.07. The summed E-state index contributed by atoms with van der Waals surface area (Å²) in [6.45, 7) is 0.969. The molecule has 2 aromatic rings. The van der Waals surface area contributed by atoms with Crippen molar-refractivity contribution in [1.29, 1.82) is 0 Å². The maximum atomic E-state index is 4.63. The second-order valence-electron chi connectivity index (χ2n) is 4.70. The van der Waals surface area contributed by atoms with E-state index >= 15 is 0 Å². The molecule has 0 unspecified atom stereocenters. The van der Waals surface area contributed by atoms with Gasteiger partial charge in [0.2, 0.25) is 0 Å². The van der Waals surface area contributed by atoms with Gasteiger partial charge in [0.25, 0.3) is 0 Å². The van der Waals surface area contributed by atoms with Crippen LogP contribution in [0.15, 0.2) is 47.5 Å². The Kier molecular flexibility index (Phi) is 2.30. The summed E-state index contributed by atoms with van der Waals surface area (Å²) in [5, 5.41) is 1.24. The quantitative estimate of drug-likeness (QED) is 0.641. The van der Waals surface area contributed by atoms with E-state index in [0.717, 1.165) is 18.7 Å². The van der Waals surface area contributed by atoms with Gasteiger partial charge in [-0.25, -0.2) is 0 Å². The molecule has 2 aromatic carbocycles. The first-order chi connectivity index (χ1) is 8.93. The first-order valence-corrected chi connectivity index (χ1v) is 7.30. The summed E-state index contributed by atoms with van der Waals surface area (Å²) in [5.41, 5.74) is 7.07. The Labute approximate surface area is 111 Å². The number of hydrogen-bond donors (Lipinski definition) is 0. The predicted molar refractivity (Wildman–Crippen MR) is 78.5 cm³/mol. The SMILES string of the molecule is c1ccc2c(c1)Cc1c(C3=NCCS3)cccc1-2. The minimum atomic E-state index is 0.969. The molecule has 4 rings (SSSR count). The van der Waals surface area contributed by atoms with Crippen molar-refractivity contribution in [3.63, 3.8) is 0 Å². The first kappa shape index (κ1) is 10.4. The van der Waals surface area contributed by atoms with E-state index in [2.05, 4.69) is 47.5 Å². The minimum Gasteiger partial charge on any atom is -0.277 e. The van der Waals surface area contributed by atoms with E-state index in [0.29, 0.717) is 0 Å². The van der Waals surface area contributed by atoms with Gasteiger partial charge in [0.1, 0.15) is 0 Å². The fourth-order valence-corrected chi connectivity index (χ4v) is 3.76. The number of rotatable bonds is 1. The Hall–Kier alpha value is -1.54. The molecule has 0 bridgehead atoms. The van der Waals surface area contributed by atoms with Crippen LogP contribution >= 0.6 is 11.8 Å². The number of benzene rings is 2. The third-order valence-corrected chi connectivity index (χ3v) is 4.68. The third kappa shape index (κ3) is 1.45. The van der Waals surface area contributed by atoms with Gasteiger partial charge in [-0.05, 0) is 28.7 Å². The number of thioether (sulfide) groups is 1. The maximum Gasteiger partial charge on any atom is 0.0980 e. The van der Waals surface area contributed by atoms with Crippen molar-refractivity contribution in [1.82, 2.24) is 0 Å². The Balaban J connectivity index is 1.91. The van der Waals surface area contributed by atoms with Gasteiger partial charge >= 0.3 is 0 Å². The highest BCUT2D eigenvalue weighted by molar-refractivity contribution is 8.14. The smallest absolute Gasteiger partial charge is 0.0980 e. The van der Waals surface area contributed by atoms with Crippen LogP contribution in [0.25, 0.3) is 11.1 Å². The summed E-state index contributed by atoms with van der Waals surface area (Å²) in [6.07, 6.45) is 1.06. The van der Waals surface area contributed by atoms with Crippen molar-refractivity contribution in [2.24, 2.45) is 4.99 Å². The van der Waals surface area contributed by atoms with Gasteiger partial charge in [0.05, 0.1) is 5.04 Å². The molecule has 88 valence electrons. The van der Waals surface area contributed by atoms with Crippen molar-refractivity contribution in [3.8, 4) is 11.1 Å². The Morgan fingerprint density at radius 1 is 0.889 bits per heavy atom. The van der Waals surface area contributed by atoms with Crippen LogP contribution in [0.4, 0.5) is 0 Å². The van der Waals surface area contributed by atoms with E-state index in [1.807, 2.05) is 11.8 Å². The summed E-state index contributed by atoms with van der Waals surface area (Å²) in [7, 11) is 0. The van der Waals surface area contributed by atoms with Crippen LogP contribution in [-0.4, -0.2) is 17.3 Å². The van der Waals surface area contributed by atoms with E-state index in [1.54, 1.807) is 0 Å². The van der Waals surface area contributed by atoms with Crippen molar-refractivity contribution in [3.05, 3.63) is 59.2 Å². The Morgan fingerprint density at radius 2 is 1.72 bits per heavy atom. The molecule has 0 atom stereocenters. The molecular formula is C16H13NS. The molecule has 2 heteroatoms. The van der Waals surface area contributed by atoms with Crippen molar-refractivity contribution < 1.29 is 0 Å². The Bertz CT molecular complexity index is 658. The van der Waals surface area contributed by atoms with Crippen molar-refractivity contribution in [2.75, 3.05) is 12.3 Å². The predicted octanol–water partition coefficient (Wildman–Crippen LogP) is 3.75. The highest BCUT2D eigenvalue weighted by Crippen LogP contribution is 2.39. The molecule has 0 fully saturated rings. The molecule has 0 N–H and O–H groups in total. The summed E-state index contributed by atoms with van der Waals surface area (Å²) in [5.74, 6) is 1.13. The number of aliphatic imine (C=N–C) groups is 1. The zero-order chi connectivity index (χ0) is 11.9. The molecule has 1 heterocycles.